The van der Waals surface area contributed by atoms with E-state index in [0.29, 0.717) is 11.5 Å². The molecule has 0 radical (unpaired) electrons. The minimum atomic E-state index is -4.55. The summed E-state index contributed by atoms with van der Waals surface area (Å²) >= 11 is 0. The molecule has 1 amide bonds. The largest absolute Gasteiger partial charge is 0.416 e. The Labute approximate surface area is 169 Å². The summed E-state index contributed by atoms with van der Waals surface area (Å²) in [6.45, 7) is 0. The zero-order valence-corrected chi connectivity index (χ0v) is 15.3. The highest BCUT2D eigenvalue weighted by Crippen LogP contribution is 2.33. The van der Waals surface area contributed by atoms with E-state index in [4.69, 9.17) is 0 Å². The summed E-state index contributed by atoms with van der Waals surface area (Å²) in [6.07, 6.45) is 2.59. The molecule has 0 aliphatic carbocycles. The van der Waals surface area contributed by atoms with E-state index in [2.05, 4.69) is 20.3 Å². The molecule has 4 rings (SSSR count). The first-order valence-corrected chi connectivity index (χ1v) is 8.80. The number of carbonyl (C=O) groups excluding carboxylic acids is 1. The number of rotatable bonds is 4. The van der Waals surface area contributed by atoms with Crippen LogP contribution < -0.4 is 5.32 Å². The highest BCUT2D eigenvalue weighted by atomic mass is 19.4. The Morgan fingerprint density at radius 2 is 1.73 bits per heavy atom. The molecule has 4 aromatic rings. The van der Waals surface area contributed by atoms with Crippen molar-refractivity contribution in [2.45, 2.75) is 6.18 Å². The molecule has 0 saturated carbocycles. The molecular formula is C21H14F3N5O. The number of amides is 1. The van der Waals surface area contributed by atoms with Crippen LogP contribution in [0, 0.1) is 0 Å². The number of aromatic nitrogens is 4. The van der Waals surface area contributed by atoms with E-state index in [0.717, 1.165) is 17.7 Å². The second-order valence-electron chi connectivity index (χ2n) is 6.32. The number of halogens is 3. The number of imidazole rings is 1. The van der Waals surface area contributed by atoms with E-state index in [9.17, 15) is 18.0 Å². The Morgan fingerprint density at radius 1 is 1.00 bits per heavy atom. The lowest BCUT2D eigenvalue weighted by molar-refractivity contribution is -0.137. The van der Waals surface area contributed by atoms with E-state index < -0.39 is 17.6 Å². The van der Waals surface area contributed by atoms with E-state index in [1.165, 1.54) is 35.6 Å². The first-order chi connectivity index (χ1) is 14.4. The van der Waals surface area contributed by atoms with Gasteiger partial charge in [-0.15, -0.1) is 0 Å². The first kappa shape index (κ1) is 19.3. The summed E-state index contributed by atoms with van der Waals surface area (Å²) in [4.78, 5) is 24.9. The number of alkyl halides is 3. The number of nitrogens with one attached hydrogen (secondary N) is 1. The second kappa shape index (κ2) is 7.78. The summed E-state index contributed by atoms with van der Waals surface area (Å²) in [7, 11) is 0. The van der Waals surface area contributed by atoms with Crippen molar-refractivity contribution in [2.75, 3.05) is 5.32 Å². The van der Waals surface area contributed by atoms with Crippen LogP contribution in [0.2, 0.25) is 0 Å². The Balaban J connectivity index is 1.63. The van der Waals surface area contributed by atoms with Gasteiger partial charge in [-0.3, -0.25) is 4.79 Å². The fourth-order valence-corrected chi connectivity index (χ4v) is 2.82. The molecule has 0 unspecified atom stereocenters. The number of carbonyl (C=O) groups is 1. The Kier molecular flexibility index (Phi) is 5.01. The first-order valence-electron chi connectivity index (χ1n) is 8.80. The standard InChI is InChI=1S/C21H14F3N5O/c22-21(23,24)16-6-7-18(29-9-8-25-13-29)17(10-16)28-20(30)15-11-26-19(27-12-15)14-4-2-1-3-5-14/h1-13H,(H,28,30). The number of benzene rings is 2. The Bertz CT molecular complexity index is 1160. The smallest absolute Gasteiger partial charge is 0.320 e. The Hall–Kier alpha value is -4.01. The zero-order chi connectivity index (χ0) is 21.1. The molecule has 0 saturated heterocycles. The lowest BCUT2D eigenvalue weighted by Gasteiger charge is -2.15. The molecule has 1 N–H and O–H groups in total. The number of hydrogen-bond acceptors (Lipinski definition) is 4. The van der Waals surface area contributed by atoms with Crippen molar-refractivity contribution in [3.8, 4) is 17.1 Å². The summed E-state index contributed by atoms with van der Waals surface area (Å²) < 4.78 is 41.0. The van der Waals surface area contributed by atoms with Crippen molar-refractivity contribution >= 4 is 11.6 Å². The molecule has 2 aromatic carbocycles. The van der Waals surface area contributed by atoms with E-state index in [1.54, 1.807) is 6.20 Å². The highest BCUT2D eigenvalue weighted by Gasteiger charge is 2.31. The predicted octanol–water partition coefficient (Wildman–Crippen LogP) is 4.60. The third kappa shape index (κ3) is 4.04. The van der Waals surface area contributed by atoms with Crippen LogP contribution in [0.5, 0.6) is 0 Å². The van der Waals surface area contributed by atoms with Gasteiger partial charge in [-0.05, 0) is 18.2 Å². The topological polar surface area (TPSA) is 72.7 Å². The zero-order valence-electron chi connectivity index (χ0n) is 15.3. The van der Waals surface area contributed by atoms with Crippen LogP contribution in [0.3, 0.4) is 0 Å². The highest BCUT2D eigenvalue weighted by molar-refractivity contribution is 6.05. The minimum absolute atomic E-state index is 0.0139. The third-order valence-corrected chi connectivity index (χ3v) is 4.30. The van der Waals surface area contributed by atoms with Crippen LogP contribution in [0.4, 0.5) is 18.9 Å². The SMILES string of the molecule is O=C(Nc1cc(C(F)(F)F)ccc1-n1ccnc1)c1cnc(-c2ccccc2)nc1. The van der Waals surface area contributed by atoms with Crippen LogP contribution in [0.1, 0.15) is 15.9 Å². The monoisotopic (exact) mass is 409 g/mol. The van der Waals surface area contributed by atoms with Gasteiger partial charge in [-0.1, -0.05) is 30.3 Å². The van der Waals surface area contributed by atoms with Crippen molar-refractivity contribution in [1.29, 1.82) is 0 Å². The average Bonchev–Trinajstić information content (AvgIpc) is 3.28. The van der Waals surface area contributed by atoms with Crippen molar-refractivity contribution < 1.29 is 18.0 Å². The Morgan fingerprint density at radius 3 is 2.37 bits per heavy atom. The second-order valence-corrected chi connectivity index (χ2v) is 6.32. The maximum absolute atomic E-state index is 13.2. The number of nitrogens with zero attached hydrogens (tertiary/aromatic N) is 4. The molecular weight excluding hydrogens is 395 g/mol. The van der Waals surface area contributed by atoms with Gasteiger partial charge in [0.25, 0.3) is 5.91 Å². The number of anilines is 1. The third-order valence-electron chi connectivity index (χ3n) is 4.30. The molecule has 2 heterocycles. The average molecular weight is 409 g/mol. The molecule has 150 valence electrons. The molecule has 0 fully saturated rings. The molecule has 0 aliphatic heterocycles. The van der Waals surface area contributed by atoms with Crippen molar-refractivity contribution in [3.05, 3.63) is 90.8 Å². The van der Waals surface area contributed by atoms with Crippen LogP contribution in [-0.2, 0) is 6.18 Å². The summed E-state index contributed by atoms with van der Waals surface area (Å²) in [5, 5.41) is 2.52. The molecule has 0 aliphatic rings. The quantitative estimate of drug-likeness (QED) is 0.535. The lowest BCUT2D eigenvalue weighted by atomic mass is 10.1. The van der Waals surface area contributed by atoms with E-state index >= 15 is 0 Å². The summed E-state index contributed by atoms with van der Waals surface area (Å²) in [5.74, 6) is -0.194. The van der Waals surface area contributed by atoms with Gasteiger partial charge in [0.05, 0.1) is 28.8 Å². The maximum Gasteiger partial charge on any atom is 0.416 e. The molecule has 0 bridgehead atoms. The fraction of sp³-hybridized carbons (Fsp3) is 0.0476. The van der Waals surface area contributed by atoms with Crippen LogP contribution >= 0.6 is 0 Å². The van der Waals surface area contributed by atoms with Gasteiger partial charge in [0.1, 0.15) is 0 Å². The van der Waals surface area contributed by atoms with Crippen molar-refractivity contribution in [1.82, 2.24) is 19.5 Å². The van der Waals surface area contributed by atoms with E-state index in [-0.39, 0.29) is 11.3 Å². The van der Waals surface area contributed by atoms with Gasteiger partial charge in [0.2, 0.25) is 0 Å². The predicted molar refractivity (Wildman–Crippen MR) is 104 cm³/mol. The van der Waals surface area contributed by atoms with Crippen molar-refractivity contribution in [3.63, 3.8) is 0 Å². The minimum Gasteiger partial charge on any atom is -0.320 e. The fourth-order valence-electron chi connectivity index (χ4n) is 2.82. The van der Waals surface area contributed by atoms with Crippen LogP contribution in [-0.4, -0.2) is 25.4 Å². The maximum atomic E-state index is 13.2. The lowest BCUT2D eigenvalue weighted by Crippen LogP contribution is -2.16. The molecule has 9 heteroatoms. The molecule has 2 aromatic heterocycles. The van der Waals surface area contributed by atoms with Gasteiger partial charge in [-0.25, -0.2) is 15.0 Å². The van der Waals surface area contributed by atoms with Gasteiger partial charge in [0.15, 0.2) is 5.82 Å². The molecule has 30 heavy (non-hydrogen) atoms. The number of hydrogen-bond donors (Lipinski definition) is 1. The molecule has 0 spiro atoms. The van der Waals surface area contributed by atoms with Gasteiger partial charge < -0.3 is 9.88 Å². The van der Waals surface area contributed by atoms with Gasteiger partial charge in [0, 0.05) is 30.4 Å². The van der Waals surface area contributed by atoms with Gasteiger partial charge in [-0.2, -0.15) is 13.2 Å². The van der Waals surface area contributed by atoms with Crippen LogP contribution in [0.25, 0.3) is 17.1 Å². The normalized spacial score (nSPS) is 11.3. The molecule has 6 nitrogen and oxygen atoms in total. The van der Waals surface area contributed by atoms with Crippen molar-refractivity contribution in [2.24, 2.45) is 0 Å². The van der Waals surface area contributed by atoms with Crippen LogP contribution in [0.15, 0.2) is 79.6 Å². The summed E-state index contributed by atoms with van der Waals surface area (Å²) in [5.41, 5.74) is 0.349. The van der Waals surface area contributed by atoms with E-state index in [1.807, 2.05) is 30.3 Å². The summed E-state index contributed by atoms with van der Waals surface area (Å²) in [6, 6.07) is 12.3. The van der Waals surface area contributed by atoms with Gasteiger partial charge >= 0.3 is 6.18 Å². The molecule has 0 atom stereocenters.